The largest absolute Gasteiger partial charge is 0.376 e. The fourth-order valence-electron chi connectivity index (χ4n) is 2.77. The first kappa shape index (κ1) is 17.9. The van der Waals surface area contributed by atoms with E-state index in [2.05, 4.69) is 10.6 Å². The van der Waals surface area contributed by atoms with Crippen LogP contribution in [0.2, 0.25) is 0 Å². The molecule has 1 heterocycles. The minimum atomic E-state index is -0.325. The maximum absolute atomic E-state index is 12.6. The topological polar surface area (TPSA) is 67.4 Å². The molecule has 2 aromatic rings. The van der Waals surface area contributed by atoms with Gasteiger partial charge in [-0.1, -0.05) is 48.5 Å². The van der Waals surface area contributed by atoms with Crippen molar-refractivity contribution in [2.45, 2.75) is 18.9 Å². The molecule has 2 amide bonds. The fourth-order valence-corrected chi connectivity index (χ4v) is 2.77. The van der Waals surface area contributed by atoms with E-state index in [-0.39, 0.29) is 23.6 Å². The first-order valence-corrected chi connectivity index (χ1v) is 8.75. The van der Waals surface area contributed by atoms with Gasteiger partial charge in [-0.2, -0.15) is 0 Å². The Balaban J connectivity index is 1.73. The second-order valence-electron chi connectivity index (χ2n) is 6.13. The number of carbonyl (C=O) groups excluding carboxylic acids is 2. The Morgan fingerprint density at radius 2 is 1.73 bits per heavy atom. The molecule has 1 atom stereocenters. The van der Waals surface area contributed by atoms with Crippen LogP contribution in [0.5, 0.6) is 0 Å². The number of nitrogens with one attached hydrogen (secondary N) is 2. The lowest BCUT2D eigenvalue weighted by atomic mass is 10.1. The van der Waals surface area contributed by atoms with Crippen LogP contribution in [0.25, 0.3) is 6.08 Å². The van der Waals surface area contributed by atoms with E-state index < -0.39 is 0 Å². The number of hydrogen-bond acceptors (Lipinski definition) is 3. The van der Waals surface area contributed by atoms with E-state index in [1.165, 1.54) is 0 Å². The zero-order chi connectivity index (χ0) is 18.2. The molecule has 0 radical (unpaired) electrons. The summed E-state index contributed by atoms with van der Waals surface area (Å²) in [6.45, 7) is 1.17. The molecular formula is C21H22N2O3. The summed E-state index contributed by atoms with van der Waals surface area (Å²) < 4.78 is 5.53. The maximum Gasteiger partial charge on any atom is 0.267 e. The second-order valence-corrected chi connectivity index (χ2v) is 6.13. The fraction of sp³-hybridized carbons (Fsp3) is 0.238. The summed E-state index contributed by atoms with van der Waals surface area (Å²) in [5.74, 6) is -0.645. The molecule has 2 N–H and O–H groups in total. The van der Waals surface area contributed by atoms with Crippen LogP contribution in [-0.4, -0.2) is 31.1 Å². The van der Waals surface area contributed by atoms with E-state index in [0.717, 1.165) is 25.0 Å². The quantitative estimate of drug-likeness (QED) is 0.787. The van der Waals surface area contributed by atoms with Crippen LogP contribution >= 0.6 is 0 Å². The number of amides is 2. The van der Waals surface area contributed by atoms with Gasteiger partial charge in [0.1, 0.15) is 5.70 Å². The van der Waals surface area contributed by atoms with Crippen molar-refractivity contribution in [3.8, 4) is 0 Å². The van der Waals surface area contributed by atoms with Crippen molar-refractivity contribution in [2.75, 3.05) is 13.2 Å². The number of rotatable bonds is 6. The van der Waals surface area contributed by atoms with Gasteiger partial charge in [-0.25, -0.2) is 0 Å². The van der Waals surface area contributed by atoms with Crippen molar-refractivity contribution in [1.82, 2.24) is 10.6 Å². The molecule has 26 heavy (non-hydrogen) atoms. The highest BCUT2D eigenvalue weighted by Gasteiger charge is 2.19. The average molecular weight is 350 g/mol. The van der Waals surface area contributed by atoms with Gasteiger partial charge in [0.15, 0.2) is 0 Å². The molecule has 0 aromatic heterocycles. The van der Waals surface area contributed by atoms with Crippen molar-refractivity contribution >= 4 is 17.9 Å². The standard InChI is InChI=1S/C21H22N2O3/c24-20(17-10-5-2-6-11-17)23-19(14-16-8-3-1-4-9-16)21(25)22-15-18-12-7-13-26-18/h1-6,8-11,14,18H,7,12-13,15H2,(H,22,25)(H,23,24)/b19-14-/t18-/m0/s1. The van der Waals surface area contributed by atoms with E-state index in [9.17, 15) is 9.59 Å². The Bertz CT molecular complexity index is 766. The summed E-state index contributed by atoms with van der Waals surface area (Å²) in [7, 11) is 0. The molecule has 0 unspecified atom stereocenters. The summed E-state index contributed by atoms with van der Waals surface area (Å²) in [5, 5.41) is 5.58. The molecule has 1 saturated heterocycles. The Morgan fingerprint density at radius 3 is 2.38 bits per heavy atom. The van der Waals surface area contributed by atoms with Crippen molar-refractivity contribution < 1.29 is 14.3 Å². The average Bonchev–Trinajstić information content (AvgIpc) is 3.20. The van der Waals surface area contributed by atoms with E-state index in [4.69, 9.17) is 4.74 Å². The van der Waals surface area contributed by atoms with Crippen LogP contribution in [0.15, 0.2) is 66.4 Å². The van der Waals surface area contributed by atoms with Gasteiger partial charge in [0.05, 0.1) is 6.10 Å². The first-order chi connectivity index (χ1) is 12.7. The van der Waals surface area contributed by atoms with Gasteiger partial charge in [-0.3, -0.25) is 9.59 Å². The van der Waals surface area contributed by atoms with Crippen molar-refractivity contribution in [3.63, 3.8) is 0 Å². The van der Waals surface area contributed by atoms with Gasteiger partial charge in [0.2, 0.25) is 0 Å². The molecule has 5 nitrogen and oxygen atoms in total. The smallest absolute Gasteiger partial charge is 0.267 e. The minimum absolute atomic E-state index is 0.0433. The Morgan fingerprint density at radius 1 is 1.04 bits per heavy atom. The third-order valence-electron chi connectivity index (χ3n) is 4.15. The first-order valence-electron chi connectivity index (χ1n) is 8.75. The highest BCUT2D eigenvalue weighted by Crippen LogP contribution is 2.11. The molecule has 1 aliphatic heterocycles. The molecule has 3 rings (SSSR count). The van der Waals surface area contributed by atoms with Gasteiger partial charge in [0.25, 0.3) is 11.8 Å². The van der Waals surface area contributed by atoms with Gasteiger partial charge >= 0.3 is 0 Å². The molecule has 1 fully saturated rings. The Hall–Kier alpha value is -2.92. The van der Waals surface area contributed by atoms with Crippen LogP contribution in [0.4, 0.5) is 0 Å². The maximum atomic E-state index is 12.6. The number of carbonyl (C=O) groups is 2. The van der Waals surface area contributed by atoms with E-state index in [1.54, 1.807) is 30.3 Å². The van der Waals surface area contributed by atoms with Crippen molar-refractivity contribution in [1.29, 1.82) is 0 Å². The predicted octanol–water partition coefficient (Wildman–Crippen LogP) is 2.75. The molecule has 0 aliphatic carbocycles. The predicted molar refractivity (Wildman–Crippen MR) is 100 cm³/mol. The zero-order valence-corrected chi connectivity index (χ0v) is 14.5. The van der Waals surface area contributed by atoms with Gasteiger partial charge in [-0.05, 0) is 36.6 Å². The molecule has 0 saturated carbocycles. The van der Waals surface area contributed by atoms with Crippen LogP contribution in [-0.2, 0) is 9.53 Å². The minimum Gasteiger partial charge on any atom is -0.376 e. The summed E-state index contributed by atoms with van der Waals surface area (Å²) in [4.78, 5) is 25.1. The monoisotopic (exact) mass is 350 g/mol. The lowest BCUT2D eigenvalue weighted by Crippen LogP contribution is -2.38. The molecule has 134 valence electrons. The van der Waals surface area contributed by atoms with Gasteiger partial charge in [0, 0.05) is 18.7 Å². The third-order valence-corrected chi connectivity index (χ3v) is 4.15. The Kier molecular flexibility index (Phi) is 6.17. The third kappa shape index (κ3) is 5.04. The lowest BCUT2D eigenvalue weighted by Gasteiger charge is -2.14. The molecule has 1 aliphatic rings. The van der Waals surface area contributed by atoms with Gasteiger partial charge in [-0.15, -0.1) is 0 Å². The molecule has 2 aromatic carbocycles. The molecule has 0 bridgehead atoms. The summed E-state index contributed by atoms with van der Waals surface area (Å²) in [6, 6.07) is 18.2. The summed E-state index contributed by atoms with van der Waals surface area (Å²) >= 11 is 0. The SMILES string of the molecule is O=C(NC[C@@H]1CCCO1)/C(=C/c1ccccc1)NC(=O)c1ccccc1. The van der Waals surface area contributed by atoms with E-state index in [0.29, 0.717) is 12.1 Å². The van der Waals surface area contributed by atoms with Crippen molar-refractivity contribution in [3.05, 3.63) is 77.5 Å². The van der Waals surface area contributed by atoms with Crippen LogP contribution in [0, 0.1) is 0 Å². The summed E-state index contributed by atoms with van der Waals surface area (Å²) in [5.41, 5.74) is 1.55. The molecule has 5 heteroatoms. The normalized spacial score (nSPS) is 16.9. The summed E-state index contributed by atoms with van der Waals surface area (Å²) in [6.07, 6.45) is 3.67. The van der Waals surface area contributed by atoms with Crippen LogP contribution in [0.1, 0.15) is 28.8 Å². The number of hydrogen-bond donors (Lipinski definition) is 2. The second kappa shape index (κ2) is 8.97. The Labute approximate surface area is 153 Å². The highest BCUT2D eigenvalue weighted by atomic mass is 16.5. The van der Waals surface area contributed by atoms with Gasteiger partial charge < -0.3 is 15.4 Å². The van der Waals surface area contributed by atoms with Crippen molar-refractivity contribution in [2.24, 2.45) is 0 Å². The number of ether oxygens (including phenoxy) is 1. The van der Waals surface area contributed by atoms with E-state index in [1.807, 2.05) is 36.4 Å². The molecular weight excluding hydrogens is 328 g/mol. The lowest BCUT2D eigenvalue weighted by molar-refractivity contribution is -0.118. The number of benzene rings is 2. The van der Waals surface area contributed by atoms with E-state index >= 15 is 0 Å². The van der Waals surface area contributed by atoms with Crippen LogP contribution < -0.4 is 10.6 Å². The highest BCUT2D eigenvalue weighted by molar-refractivity contribution is 6.05. The zero-order valence-electron chi connectivity index (χ0n) is 14.5. The van der Waals surface area contributed by atoms with Crippen LogP contribution in [0.3, 0.4) is 0 Å². The molecule has 0 spiro atoms.